The van der Waals surface area contributed by atoms with Gasteiger partial charge in [-0.15, -0.1) is 0 Å². The van der Waals surface area contributed by atoms with E-state index in [4.69, 9.17) is 4.74 Å². The minimum Gasteiger partial charge on any atom is -0.459 e. The molecule has 0 amide bonds. The molecule has 0 radical (unpaired) electrons. The Hall–Kier alpha value is -2.72. The maximum atomic E-state index is 13.3. The molecule has 0 spiro atoms. The van der Waals surface area contributed by atoms with Gasteiger partial charge in [-0.25, -0.2) is 13.1 Å². The number of ketones is 1. The molecule has 2 aromatic carbocycles. The summed E-state index contributed by atoms with van der Waals surface area (Å²) in [4.78, 5) is 25.4. The van der Waals surface area contributed by atoms with E-state index < -0.39 is 56.0 Å². The van der Waals surface area contributed by atoms with Crippen LogP contribution >= 0.6 is 0 Å². The van der Waals surface area contributed by atoms with Crippen LogP contribution in [0.5, 0.6) is 0 Å². The van der Waals surface area contributed by atoms with Crippen molar-refractivity contribution in [2.24, 2.45) is 5.41 Å². The van der Waals surface area contributed by atoms with Crippen LogP contribution in [0.3, 0.4) is 0 Å². The van der Waals surface area contributed by atoms with Crippen LogP contribution in [-0.2, 0) is 32.2 Å². The van der Waals surface area contributed by atoms with Crippen molar-refractivity contribution < 1.29 is 35.9 Å². The molecule has 0 aliphatic heterocycles. The lowest BCUT2D eigenvalue weighted by atomic mass is 9.80. The summed E-state index contributed by atoms with van der Waals surface area (Å²) in [7, 11) is -4.57. The smallest absolute Gasteiger partial charge is 0.417 e. The van der Waals surface area contributed by atoms with Gasteiger partial charge < -0.3 is 4.74 Å². The van der Waals surface area contributed by atoms with Crippen molar-refractivity contribution in [1.82, 2.24) is 4.72 Å². The summed E-state index contributed by atoms with van der Waals surface area (Å²) >= 11 is 0. The molecule has 0 unspecified atom stereocenters. The Balaban J connectivity index is 1.88. The quantitative estimate of drug-likeness (QED) is 0.493. The number of sulfonamides is 1. The van der Waals surface area contributed by atoms with Crippen LogP contribution in [0.4, 0.5) is 13.2 Å². The predicted molar refractivity (Wildman–Crippen MR) is 114 cm³/mol. The summed E-state index contributed by atoms with van der Waals surface area (Å²) in [5, 5.41) is 0. The molecule has 3 rings (SSSR count). The molecule has 0 fully saturated rings. The molecule has 0 saturated heterocycles. The molecule has 178 valence electrons. The number of halogens is 3. The Morgan fingerprint density at radius 1 is 1.06 bits per heavy atom. The summed E-state index contributed by atoms with van der Waals surface area (Å²) in [5.74, 6) is -1.30. The van der Waals surface area contributed by atoms with Gasteiger partial charge in [-0.2, -0.15) is 13.2 Å². The van der Waals surface area contributed by atoms with Crippen molar-refractivity contribution >= 4 is 21.8 Å². The van der Waals surface area contributed by atoms with E-state index in [0.717, 1.165) is 12.1 Å². The lowest BCUT2D eigenvalue weighted by molar-refractivity contribution is -0.164. The molecular formula is C23H24F3NO5S. The van der Waals surface area contributed by atoms with Crippen molar-refractivity contribution in [2.45, 2.75) is 50.3 Å². The molecule has 0 bridgehead atoms. The highest BCUT2D eigenvalue weighted by Gasteiger charge is 2.53. The number of rotatable bonds is 6. The van der Waals surface area contributed by atoms with Gasteiger partial charge in [0.15, 0.2) is 5.78 Å². The largest absolute Gasteiger partial charge is 0.459 e. The maximum Gasteiger partial charge on any atom is 0.417 e. The van der Waals surface area contributed by atoms with Gasteiger partial charge in [0.1, 0.15) is 11.0 Å². The minimum absolute atomic E-state index is 0.0117. The molecule has 1 N–H and O–H groups in total. The third-order valence-electron chi connectivity index (χ3n) is 5.30. The molecule has 33 heavy (non-hydrogen) atoms. The number of hydrogen-bond acceptors (Lipinski definition) is 5. The Bertz CT molecular complexity index is 1190. The van der Waals surface area contributed by atoms with Crippen molar-refractivity contribution in [1.29, 1.82) is 0 Å². The predicted octanol–water partition coefficient (Wildman–Crippen LogP) is 4.14. The third kappa shape index (κ3) is 5.11. The molecule has 10 heteroatoms. The summed E-state index contributed by atoms with van der Waals surface area (Å²) in [6.07, 6.45) is -5.13. The molecule has 0 aromatic heterocycles. The number of nitrogens with one attached hydrogen (secondary N) is 1. The second-order valence-corrected chi connectivity index (χ2v) is 10.6. The van der Waals surface area contributed by atoms with E-state index in [9.17, 15) is 31.2 Å². The average Bonchev–Trinajstić information content (AvgIpc) is 2.99. The maximum absolute atomic E-state index is 13.3. The second kappa shape index (κ2) is 8.57. The number of fused-ring (bicyclic) bond motifs is 1. The van der Waals surface area contributed by atoms with Gasteiger partial charge in [0.05, 0.1) is 10.5 Å². The molecule has 6 nitrogen and oxygen atoms in total. The minimum atomic E-state index is -4.87. The fraction of sp³-hybridized carbons (Fsp3) is 0.391. The first kappa shape index (κ1) is 24.9. The standard InChI is InChI=1S/C23H24F3NO5S/c1-21(2,3)32-20(29)22(14-15-8-4-5-9-16(15)19(22)28)12-13-27-33(30,31)18-11-7-6-10-17(18)23(24,25)26/h4-11,27H,12-14H2,1-3H3/t22-/m1/s1. The molecule has 2 aromatic rings. The van der Waals surface area contributed by atoms with E-state index in [1.165, 1.54) is 6.07 Å². The van der Waals surface area contributed by atoms with E-state index in [1.807, 2.05) is 0 Å². The SMILES string of the molecule is CC(C)(C)OC(=O)[C@]1(CCNS(=O)(=O)c2ccccc2C(F)(F)F)Cc2ccccc2C1=O. The zero-order chi connectivity index (χ0) is 24.7. The van der Waals surface area contributed by atoms with E-state index in [0.29, 0.717) is 17.2 Å². The lowest BCUT2D eigenvalue weighted by Gasteiger charge is -2.30. The van der Waals surface area contributed by atoms with Crippen LogP contribution in [0.2, 0.25) is 0 Å². The molecule has 0 heterocycles. The van der Waals surface area contributed by atoms with Gasteiger partial charge in [0.25, 0.3) is 0 Å². The van der Waals surface area contributed by atoms with Gasteiger partial charge in [0, 0.05) is 12.1 Å². The third-order valence-corrected chi connectivity index (χ3v) is 6.82. The monoisotopic (exact) mass is 483 g/mol. The van der Waals surface area contributed by atoms with Crippen LogP contribution in [0.15, 0.2) is 53.4 Å². The first-order valence-corrected chi connectivity index (χ1v) is 11.7. The molecule has 1 aliphatic carbocycles. The van der Waals surface area contributed by atoms with Crippen molar-refractivity contribution in [3.63, 3.8) is 0 Å². The van der Waals surface area contributed by atoms with Crippen molar-refractivity contribution in [2.75, 3.05) is 6.54 Å². The highest BCUT2D eigenvalue weighted by Crippen LogP contribution is 2.41. The van der Waals surface area contributed by atoms with Crippen LogP contribution in [0.25, 0.3) is 0 Å². The van der Waals surface area contributed by atoms with Crippen LogP contribution in [-0.4, -0.2) is 32.3 Å². The summed E-state index contributed by atoms with van der Waals surface area (Å²) in [5.41, 5.74) is -2.91. The van der Waals surface area contributed by atoms with E-state index in [-0.39, 0.29) is 12.8 Å². The molecule has 1 atom stereocenters. The number of carbonyl (C=O) groups excluding carboxylic acids is 2. The number of Topliss-reactive ketones (excluding diaryl/α,β-unsaturated/α-hetero) is 1. The number of hydrogen-bond donors (Lipinski definition) is 1. The van der Waals surface area contributed by atoms with E-state index in [2.05, 4.69) is 4.72 Å². The van der Waals surface area contributed by atoms with Gasteiger partial charge >= 0.3 is 12.1 Å². The van der Waals surface area contributed by atoms with Gasteiger partial charge in [-0.3, -0.25) is 9.59 Å². The fourth-order valence-electron chi connectivity index (χ4n) is 3.82. The number of ether oxygens (including phenoxy) is 1. The topological polar surface area (TPSA) is 89.5 Å². The van der Waals surface area contributed by atoms with E-state index >= 15 is 0 Å². The Kier molecular flexibility index (Phi) is 6.47. The Morgan fingerprint density at radius 2 is 1.67 bits per heavy atom. The van der Waals surface area contributed by atoms with E-state index in [1.54, 1.807) is 45.0 Å². The number of alkyl halides is 3. The lowest BCUT2D eigenvalue weighted by Crippen LogP contribution is -2.44. The Morgan fingerprint density at radius 3 is 2.27 bits per heavy atom. The average molecular weight is 484 g/mol. The normalized spacial score (nSPS) is 18.8. The number of carbonyl (C=O) groups is 2. The van der Waals surface area contributed by atoms with Gasteiger partial charge in [-0.1, -0.05) is 36.4 Å². The van der Waals surface area contributed by atoms with Crippen LogP contribution < -0.4 is 4.72 Å². The zero-order valence-electron chi connectivity index (χ0n) is 18.3. The molecule has 0 saturated carbocycles. The highest BCUT2D eigenvalue weighted by atomic mass is 32.2. The fourth-order valence-corrected chi connectivity index (χ4v) is 5.07. The first-order chi connectivity index (χ1) is 15.2. The van der Waals surface area contributed by atoms with Crippen LogP contribution in [0, 0.1) is 5.41 Å². The summed E-state index contributed by atoms with van der Waals surface area (Å²) < 4.78 is 72.7. The summed E-state index contributed by atoms with van der Waals surface area (Å²) in [6, 6.07) is 10.4. The van der Waals surface area contributed by atoms with Gasteiger partial charge in [0.2, 0.25) is 10.0 Å². The van der Waals surface area contributed by atoms with Crippen molar-refractivity contribution in [3.8, 4) is 0 Å². The zero-order valence-corrected chi connectivity index (χ0v) is 19.1. The van der Waals surface area contributed by atoms with Crippen molar-refractivity contribution in [3.05, 3.63) is 65.2 Å². The Labute approximate surface area is 190 Å². The number of benzene rings is 2. The summed E-state index contributed by atoms with van der Waals surface area (Å²) in [6.45, 7) is 4.49. The van der Waals surface area contributed by atoms with Gasteiger partial charge in [-0.05, 0) is 51.3 Å². The number of esters is 1. The van der Waals surface area contributed by atoms with Crippen LogP contribution in [0.1, 0.15) is 48.7 Å². The molecular weight excluding hydrogens is 459 g/mol. The second-order valence-electron chi connectivity index (χ2n) is 8.89. The first-order valence-electron chi connectivity index (χ1n) is 10.2. The highest BCUT2D eigenvalue weighted by molar-refractivity contribution is 7.89. The molecule has 1 aliphatic rings.